The maximum Gasteiger partial charge on any atom is 0.122 e. The summed E-state index contributed by atoms with van der Waals surface area (Å²) in [6.07, 6.45) is -0.584. The third kappa shape index (κ3) is 2.95. The molecule has 0 aliphatic carbocycles. The standard InChI is InChI=1S/C12H20N2O2/c1-4-16-12-6-8(2)10(5-9(12)3)11(15)7-14-13/h5-6,11,14-15H,4,7,13H2,1-3H3. The zero-order valence-electron chi connectivity index (χ0n) is 10.1. The van der Waals surface area contributed by atoms with Crippen molar-refractivity contribution in [3.63, 3.8) is 0 Å². The molecule has 90 valence electrons. The number of nitrogens with one attached hydrogen (secondary N) is 1. The van der Waals surface area contributed by atoms with Gasteiger partial charge in [0.15, 0.2) is 0 Å². The third-order valence-electron chi connectivity index (χ3n) is 2.53. The number of hydrazine groups is 1. The molecule has 0 saturated carbocycles. The van der Waals surface area contributed by atoms with E-state index in [2.05, 4.69) is 5.43 Å². The van der Waals surface area contributed by atoms with Crippen LogP contribution in [0.25, 0.3) is 0 Å². The summed E-state index contributed by atoms with van der Waals surface area (Å²) in [5.74, 6) is 6.07. The molecule has 16 heavy (non-hydrogen) atoms. The van der Waals surface area contributed by atoms with Crippen LogP contribution in [0.5, 0.6) is 5.75 Å². The lowest BCUT2D eigenvalue weighted by Gasteiger charge is -2.16. The van der Waals surface area contributed by atoms with Gasteiger partial charge < -0.3 is 9.84 Å². The van der Waals surface area contributed by atoms with Crippen LogP contribution in [0, 0.1) is 13.8 Å². The molecular formula is C12H20N2O2. The van der Waals surface area contributed by atoms with E-state index in [4.69, 9.17) is 10.6 Å². The van der Waals surface area contributed by atoms with Gasteiger partial charge in [-0.05, 0) is 49.6 Å². The van der Waals surface area contributed by atoms with Crippen LogP contribution in [0.1, 0.15) is 29.7 Å². The molecule has 0 spiro atoms. The smallest absolute Gasteiger partial charge is 0.122 e. The largest absolute Gasteiger partial charge is 0.494 e. The molecule has 4 heteroatoms. The molecule has 1 unspecified atom stereocenters. The van der Waals surface area contributed by atoms with Crippen molar-refractivity contribution in [1.29, 1.82) is 0 Å². The first-order valence-electron chi connectivity index (χ1n) is 5.45. The number of ether oxygens (including phenoxy) is 1. The molecule has 4 nitrogen and oxygen atoms in total. The fraction of sp³-hybridized carbons (Fsp3) is 0.500. The van der Waals surface area contributed by atoms with Crippen LogP contribution in [0.3, 0.4) is 0 Å². The summed E-state index contributed by atoms with van der Waals surface area (Å²) in [5.41, 5.74) is 5.40. The second-order valence-electron chi connectivity index (χ2n) is 3.83. The molecule has 0 aliphatic heterocycles. The van der Waals surface area contributed by atoms with Gasteiger partial charge in [0.05, 0.1) is 12.7 Å². The zero-order valence-corrected chi connectivity index (χ0v) is 10.1. The fourth-order valence-electron chi connectivity index (χ4n) is 1.70. The Morgan fingerprint density at radius 3 is 2.62 bits per heavy atom. The third-order valence-corrected chi connectivity index (χ3v) is 2.53. The molecule has 0 aromatic heterocycles. The van der Waals surface area contributed by atoms with Gasteiger partial charge in [0, 0.05) is 6.54 Å². The summed E-state index contributed by atoms with van der Waals surface area (Å²) in [5, 5.41) is 9.86. The van der Waals surface area contributed by atoms with Crippen molar-refractivity contribution in [1.82, 2.24) is 5.43 Å². The minimum Gasteiger partial charge on any atom is -0.494 e. The highest BCUT2D eigenvalue weighted by Gasteiger charge is 2.12. The Balaban J connectivity index is 3.00. The summed E-state index contributed by atoms with van der Waals surface area (Å²) < 4.78 is 5.49. The maximum atomic E-state index is 9.86. The van der Waals surface area contributed by atoms with Crippen LogP contribution < -0.4 is 16.0 Å². The van der Waals surface area contributed by atoms with Crippen molar-refractivity contribution in [3.05, 3.63) is 28.8 Å². The number of hydrogen-bond donors (Lipinski definition) is 3. The molecule has 0 fully saturated rings. The minimum absolute atomic E-state index is 0.342. The molecule has 0 saturated heterocycles. The Kier molecular flexibility index (Phi) is 4.73. The molecule has 1 rings (SSSR count). The summed E-state index contributed by atoms with van der Waals surface area (Å²) in [4.78, 5) is 0. The van der Waals surface area contributed by atoms with Crippen molar-refractivity contribution in [2.45, 2.75) is 26.9 Å². The quantitative estimate of drug-likeness (QED) is 0.519. The lowest BCUT2D eigenvalue weighted by atomic mass is 10.00. The molecule has 1 aromatic carbocycles. The predicted molar refractivity (Wildman–Crippen MR) is 64.2 cm³/mol. The van der Waals surface area contributed by atoms with E-state index in [-0.39, 0.29) is 0 Å². The van der Waals surface area contributed by atoms with Crippen molar-refractivity contribution in [2.75, 3.05) is 13.2 Å². The van der Waals surface area contributed by atoms with Gasteiger partial charge in [-0.3, -0.25) is 11.3 Å². The predicted octanol–water partition coefficient (Wildman–Crippen LogP) is 1.20. The van der Waals surface area contributed by atoms with Crippen LogP contribution in [-0.2, 0) is 0 Å². The number of rotatable bonds is 5. The van der Waals surface area contributed by atoms with E-state index in [1.807, 2.05) is 32.9 Å². The normalized spacial score (nSPS) is 12.6. The Morgan fingerprint density at radius 1 is 1.38 bits per heavy atom. The van der Waals surface area contributed by atoms with E-state index in [0.29, 0.717) is 13.2 Å². The van der Waals surface area contributed by atoms with Crippen LogP contribution in [0.4, 0.5) is 0 Å². The highest BCUT2D eigenvalue weighted by atomic mass is 16.5. The molecule has 1 aromatic rings. The maximum absolute atomic E-state index is 9.86. The van der Waals surface area contributed by atoms with Crippen molar-refractivity contribution < 1.29 is 9.84 Å². The first-order valence-corrected chi connectivity index (χ1v) is 5.45. The van der Waals surface area contributed by atoms with E-state index in [0.717, 1.165) is 22.4 Å². The molecule has 0 radical (unpaired) electrons. The van der Waals surface area contributed by atoms with Gasteiger partial charge >= 0.3 is 0 Å². The summed E-state index contributed by atoms with van der Waals surface area (Å²) in [7, 11) is 0. The number of benzene rings is 1. The second-order valence-corrected chi connectivity index (χ2v) is 3.83. The molecule has 0 amide bonds. The summed E-state index contributed by atoms with van der Waals surface area (Å²) in [6.45, 7) is 6.87. The lowest BCUT2D eigenvalue weighted by Crippen LogP contribution is -2.28. The molecule has 0 bridgehead atoms. The molecule has 0 aliphatic rings. The number of aliphatic hydroxyl groups excluding tert-OH is 1. The van der Waals surface area contributed by atoms with E-state index < -0.39 is 6.10 Å². The zero-order chi connectivity index (χ0) is 12.1. The summed E-state index contributed by atoms with van der Waals surface area (Å²) in [6, 6.07) is 3.90. The Bertz CT molecular complexity index is 353. The van der Waals surface area contributed by atoms with Crippen molar-refractivity contribution >= 4 is 0 Å². The monoisotopic (exact) mass is 224 g/mol. The van der Waals surface area contributed by atoms with E-state index >= 15 is 0 Å². The van der Waals surface area contributed by atoms with Crippen molar-refractivity contribution in [3.8, 4) is 5.75 Å². The molecule has 0 heterocycles. The summed E-state index contributed by atoms with van der Waals surface area (Å²) >= 11 is 0. The Hall–Kier alpha value is -1.10. The van der Waals surface area contributed by atoms with Crippen LogP contribution in [-0.4, -0.2) is 18.3 Å². The van der Waals surface area contributed by atoms with Gasteiger partial charge in [-0.1, -0.05) is 0 Å². The van der Waals surface area contributed by atoms with E-state index in [1.54, 1.807) is 0 Å². The SMILES string of the molecule is CCOc1cc(C)c(C(O)CNN)cc1C. The number of hydrogen-bond acceptors (Lipinski definition) is 4. The Morgan fingerprint density at radius 2 is 2.06 bits per heavy atom. The van der Waals surface area contributed by atoms with E-state index in [9.17, 15) is 5.11 Å². The number of aliphatic hydroxyl groups is 1. The van der Waals surface area contributed by atoms with Gasteiger partial charge in [-0.25, -0.2) is 0 Å². The second kappa shape index (κ2) is 5.84. The van der Waals surface area contributed by atoms with Crippen molar-refractivity contribution in [2.24, 2.45) is 5.84 Å². The highest BCUT2D eigenvalue weighted by molar-refractivity contribution is 5.42. The van der Waals surface area contributed by atoms with Crippen LogP contribution >= 0.6 is 0 Å². The van der Waals surface area contributed by atoms with Gasteiger partial charge in [0.25, 0.3) is 0 Å². The highest BCUT2D eigenvalue weighted by Crippen LogP contribution is 2.26. The molecular weight excluding hydrogens is 204 g/mol. The van der Waals surface area contributed by atoms with Crippen LogP contribution in [0.2, 0.25) is 0 Å². The number of nitrogens with two attached hydrogens (primary N) is 1. The first kappa shape index (κ1) is 13.0. The first-order chi connectivity index (χ1) is 7.60. The number of aryl methyl sites for hydroxylation is 2. The fourth-order valence-corrected chi connectivity index (χ4v) is 1.70. The molecule has 1 atom stereocenters. The van der Waals surface area contributed by atoms with Crippen LogP contribution in [0.15, 0.2) is 12.1 Å². The van der Waals surface area contributed by atoms with Gasteiger partial charge in [-0.2, -0.15) is 0 Å². The van der Waals surface area contributed by atoms with Gasteiger partial charge in [0.2, 0.25) is 0 Å². The average Bonchev–Trinajstić information content (AvgIpc) is 2.23. The Labute approximate surface area is 96.4 Å². The van der Waals surface area contributed by atoms with E-state index in [1.165, 1.54) is 0 Å². The minimum atomic E-state index is -0.584. The molecule has 4 N–H and O–H groups in total. The van der Waals surface area contributed by atoms with Gasteiger partial charge in [-0.15, -0.1) is 0 Å². The topological polar surface area (TPSA) is 67.5 Å². The average molecular weight is 224 g/mol. The van der Waals surface area contributed by atoms with Gasteiger partial charge in [0.1, 0.15) is 5.75 Å². The lowest BCUT2D eigenvalue weighted by molar-refractivity contribution is 0.174.